The summed E-state index contributed by atoms with van der Waals surface area (Å²) in [5.41, 5.74) is 0.740. The Morgan fingerprint density at radius 3 is 2.59 bits per heavy atom. The zero-order valence-corrected chi connectivity index (χ0v) is 16.2. The summed E-state index contributed by atoms with van der Waals surface area (Å²) in [6, 6.07) is 15.3. The lowest BCUT2D eigenvalue weighted by atomic mass is 9.89. The standard InChI is InChI=1S/C22H27NO4/c1-22(2)15-19(18-7-4-5-8-20(18)27-22)23-21(24)9-6-14-26-17-12-10-16(25-3)11-13-17/h4-5,7-8,10-13,19H,6,9,14-15H2,1-3H3,(H,23,24)/t19-/m0/s1. The van der Waals surface area contributed by atoms with Crippen LogP contribution in [0.4, 0.5) is 0 Å². The molecule has 2 aromatic carbocycles. The summed E-state index contributed by atoms with van der Waals surface area (Å²) < 4.78 is 16.8. The minimum atomic E-state index is -0.302. The summed E-state index contributed by atoms with van der Waals surface area (Å²) >= 11 is 0. The van der Waals surface area contributed by atoms with Crippen LogP contribution in [0.1, 0.15) is 44.7 Å². The van der Waals surface area contributed by atoms with E-state index in [1.807, 2.05) is 62.4 Å². The van der Waals surface area contributed by atoms with Gasteiger partial charge in [-0.15, -0.1) is 0 Å². The van der Waals surface area contributed by atoms with Crippen molar-refractivity contribution in [3.63, 3.8) is 0 Å². The molecule has 0 saturated carbocycles. The van der Waals surface area contributed by atoms with Crippen LogP contribution in [0.3, 0.4) is 0 Å². The molecule has 0 unspecified atom stereocenters. The Kier molecular flexibility index (Phi) is 5.89. The van der Waals surface area contributed by atoms with Gasteiger partial charge >= 0.3 is 0 Å². The lowest BCUT2D eigenvalue weighted by molar-refractivity contribution is -0.122. The molecular formula is C22H27NO4. The van der Waals surface area contributed by atoms with Crippen molar-refractivity contribution in [1.82, 2.24) is 5.32 Å². The summed E-state index contributed by atoms with van der Waals surface area (Å²) in [6.07, 6.45) is 1.83. The van der Waals surface area contributed by atoms with E-state index in [1.165, 1.54) is 0 Å². The van der Waals surface area contributed by atoms with Gasteiger partial charge in [-0.05, 0) is 50.6 Å². The Morgan fingerprint density at radius 2 is 1.85 bits per heavy atom. The van der Waals surface area contributed by atoms with Crippen LogP contribution in [-0.4, -0.2) is 25.2 Å². The second kappa shape index (κ2) is 8.33. The van der Waals surface area contributed by atoms with E-state index in [0.717, 1.165) is 29.2 Å². The molecule has 0 spiro atoms. The predicted octanol–water partition coefficient (Wildman–Crippen LogP) is 4.27. The van der Waals surface area contributed by atoms with Crippen molar-refractivity contribution in [2.75, 3.05) is 13.7 Å². The third-order valence-electron chi connectivity index (χ3n) is 4.59. The van der Waals surface area contributed by atoms with Crippen LogP contribution in [-0.2, 0) is 4.79 Å². The average Bonchev–Trinajstić information content (AvgIpc) is 2.65. The third-order valence-corrected chi connectivity index (χ3v) is 4.59. The van der Waals surface area contributed by atoms with Crippen molar-refractivity contribution in [1.29, 1.82) is 0 Å². The Hall–Kier alpha value is -2.69. The van der Waals surface area contributed by atoms with Crippen molar-refractivity contribution in [3.05, 3.63) is 54.1 Å². The molecule has 0 saturated heterocycles. The highest BCUT2D eigenvalue weighted by Crippen LogP contribution is 2.39. The first-order chi connectivity index (χ1) is 13.0. The third kappa shape index (κ3) is 5.16. The zero-order valence-electron chi connectivity index (χ0n) is 16.2. The maximum absolute atomic E-state index is 12.4. The topological polar surface area (TPSA) is 56.8 Å². The molecule has 1 aliphatic heterocycles. The Labute approximate surface area is 160 Å². The quantitative estimate of drug-likeness (QED) is 0.741. The van der Waals surface area contributed by atoms with E-state index < -0.39 is 0 Å². The van der Waals surface area contributed by atoms with Crippen LogP contribution < -0.4 is 19.5 Å². The van der Waals surface area contributed by atoms with Gasteiger partial charge in [0.15, 0.2) is 0 Å². The van der Waals surface area contributed by atoms with E-state index >= 15 is 0 Å². The first-order valence-electron chi connectivity index (χ1n) is 9.31. The molecule has 1 heterocycles. The predicted molar refractivity (Wildman–Crippen MR) is 104 cm³/mol. The van der Waals surface area contributed by atoms with Gasteiger partial charge in [0.1, 0.15) is 22.8 Å². The second-order valence-electron chi connectivity index (χ2n) is 7.35. The minimum Gasteiger partial charge on any atom is -0.497 e. The summed E-state index contributed by atoms with van der Waals surface area (Å²) in [5, 5.41) is 3.15. The molecule has 0 fully saturated rings. The Morgan fingerprint density at radius 1 is 1.15 bits per heavy atom. The maximum atomic E-state index is 12.4. The second-order valence-corrected chi connectivity index (χ2v) is 7.35. The van der Waals surface area contributed by atoms with E-state index in [-0.39, 0.29) is 17.6 Å². The molecule has 0 radical (unpaired) electrons. The monoisotopic (exact) mass is 369 g/mol. The number of benzene rings is 2. The molecule has 3 rings (SSSR count). The van der Waals surface area contributed by atoms with Crippen LogP contribution >= 0.6 is 0 Å². The molecule has 1 aliphatic rings. The first-order valence-corrected chi connectivity index (χ1v) is 9.31. The minimum absolute atomic E-state index is 0.0278. The van der Waals surface area contributed by atoms with Gasteiger partial charge in [0.05, 0.1) is 19.8 Å². The normalized spacial score (nSPS) is 17.4. The van der Waals surface area contributed by atoms with Crippen LogP contribution in [0.15, 0.2) is 48.5 Å². The number of ether oxygens (including phenoxy) is 3. The van der Waals surface area contributed by atoms with E-state index in [1.54, 1.807) is 7.11 Å². The van der Waals surface area contributed by atoms with Gasteiger partial charge in [0.25, 0.3) is 0 Å². The Bertz CT molecular complexity index is 770. The van der Waals surface area contributed by atoms with Gasteiger partial charge in [-0.1, -0.05) is 18.2 Å². The van der Waals surface area contributed by atoms with Crippen LogP contribution in [0, 0.1) is 0 Å². The molecule has 27 heavy (non-hydrogen) atoms. The van der Waals surface area contributed by atoms with E-state index in [0.29, 0.717) is 19.4 Å². The molecule has 0 aliphatic carbocycles. The van der Waals surface area contributed by atoms with Crippen LogP contribution in [0.2, 0.25) is 0 Å². The summed E-state index contributed by atoms with van der Waals surface area (Å²) in [5.74, 6) is 2.45. The fourth-order valence-electron chi connectivity index (χ4n) is 3.29. The fourth-order valence-corrected chi connectivity index (χ4v) is 3.29. The highest BCUT2D eigenvalue weighted by molar-refractivity contribution is 5.76. The molecule has 1 N–H and O–H groups in total. The van der Waals surface area contributed by atoms with Gasteiger partial charge in [0, 0.05) is 18.4 Å². The first kappa shape index (κ1) is 19.1. The molecule has 1 amide bonds. The summed E-state index contributed by atoms with van der Waals surface area (Å²) in [6.45, 7) is 4.59. The number of fused-ring (bicyclic) bond motifs is 1. The number of hydrogen-bond donors (Lipinski definition) is 1. The lowest BCUT2D eigenvalue weighted by Crippen LogP contribution is -2.41. The van der Waals surface area contributed by atoms with Gasteiger partial charge in [-0.25, -0.2) is 0 Å². The Balaban J connectivity index is 1.47. The van der Waals surface area contributed by atoms with Crippen molar-refractivity contribution in [2.45, 2.75) is 44.8 Å². The van der Waals surface area contributed by atoms with Gasteiger partial charge < -0.3 is 19.5 Å². The van der Waals surface area contributed by atoms with Gasteiger partial charge in [-0.2, -0.15) is 0 Å². The van der Waals surface area contributed by atoms with E-state index in [9.17, 15) is 4.79 Å². The van der Waals surface area contributed by atoms with Crippen LogP contribution in [0.25, 0.3) is 0 Å². The van der Waals surface area contributed by atoms with Crippen molar-refractivity contribution >= 4 is 5.91 Å². The van der Waals surface area contributed by atoms with Crippen molar-refractivity contribution < 1.29 is 19.0 Å². The molecule has 5 nitrogen and oxygen atoms in total. The van der Waals surface area contributed by atoms with Gasteiger partial charge in [-0.3, -0.25) is 4.79 Å². The SMILES string of the molecule is COc1ccc(OCCCC(=O)N[C@H]2CC(C)(C)Oc3ccccc32)cc1. The highest BCUT2D eigenvalue weighted by Gasteiger charge is 2.34. The summed E-state index contributed by atoms with van der Waals surface area (Å²) in [7, 11) is 1.63. The number of para-hydroxylation sites is 1. The maximum Gasteiger partial charge on any atom is 0.220 e. The molecule has 144 valence electrons. The number of rotatable bonds is 7. The average molecular weight is 369 g/mol. The number of carbonyl (C=O) groups excluding carboxylic acids is 1. The number of methoxy groups -OCH3 is 1. The molecular weight excluding hydrogens is 342 g/mol. The molecule has 1 atom stereocenters. The highest BCUT2D eigenvalue weighted by atomic mass is 16.5. The largest absolute Gasteiger partial charge is 0.497 e. The fraction of sp³-hybridized carbons (Fsp3) is 0.409. The molecule has 0 aromatic heterocycles. The molecule has 2 aromatic rings. The van der Waals surface area contributed by atoms with Crippen molar-refractivity contribution in [2.24, 2.45) is 0 Å². The van der Waals surface area contributed by atoms with E-state index in [2.05, 4.69) is 5.32 Å². The number of nitrogens with one attached hydrogen (secondary N) is 1. The van der Waals surface area contributed by atoms with Crippen molar-refractivity contribution in [3.8, 4) is 17.2 Å². The zero-order chi connectivity index (χ0) is 19.3. The van der Waals surface area contributed by atoms with E-state index in [4.69, 9.17) is 14.2 Å². The number of hydrogen-bond acceptors (Lipinski definition) is 4. The number of carbonyl (C=O) groups is 1. The van der Waals surface area contributed by atoms with Gasteiger partial charge in [0.2, 0.25) is 5.91 Å². The van der Waals surface area contributed by atoms with Crippen LogP contribution in [0.5, 0.6) is 17.2 Å². The molecule has 5 heteroatoms. The summed E-state index contributed by atoms with van der Waals surface area (Å²) in [4.78, 5) is 12.4. The number of amides is 1. The lowest BCUT2D eigenvalue weighted by Gasteiger charge is -2.37. The molecule has 0 bridgehead atoms. The smallest absolute Gasteiger partial charge is 0.220 e.